The lowest BCUT2D eigenvalue weighted by Crippen LogP contribution is -2.59. The maximum absolute atomic E-state index is 11.7. The summed E-state index contributed by atoms with van der Waals surface area (Å²) in [7, 11) is 0. The maximum Gasteiger partial charge on any atom is 0.305 e. The molecule has 1 rings (SSSR count). The third-order valence-electron chi connectivity index (χ3n) is 5.22. The predicted octanol–water partition coefficient (Wildman–Crippen LogP) is 0.628. The summed E-state index contributed by atoms with van der Waals surface area (Å²) in [6.07, 6.45) is 2.58. The van der Waals surface area contributed by atoms with Crippen LogP contribution in [0.2, 0.25) is 0 Å². The Morgan fingerprint density at radius 1 is 0.900 bits per heavy atom. The number of aliphatic hydroxyl groups excluding tert-OH is 5. The molecule has 0 radical (unpaired) electrons. The van der Waals surface area contributed by atoms with Gasteiger partial charge in [-0.05, 0) is 6.42 Å². The van der Waals surface area contributed by atoms with E-state index in [2.05, 4.69) is 6.92 Å². The van der Waals surface area contributed by atoms with Crippen LogP contribution in [0.1, 0.15) is 71.1 Å². The largest absolute Gasteiger partial charge is 0.463 e. The molecule has 0 aromatic rings. The third kappa shape index (κ3) is 10.5. The van der Waals surface area contributed by atoms with Crippen molar-refractivity contribution in [2.45, 2.75) is 108 Å². The average Bonchev–Trinajstić information content (AvgIpc) is 2.74. The van der Waals surface area contributed by atoms with E-state index in [1.165, 1.54) is 38.5 Å². The van der Waals surface area contributed by atoms with Crippen molar-refractivity contribution >= 4 is 5.97 Å². The second-order valence-electron chi connectivity index (χ2n) is 7.95. The molecule has 1 unspecified atom stereocenters. The summed E-state index contributed by atoms with van der Waals surface area (Å²) < 4.78 is 15.4. The maximum atomic E-state index is 11.7. The van der Waals surface area contributed by atoms with E-state index in [-0.39, 0.29) is 19.2 Å². The highest BCUT2D eigenvalue weighted by molar-refractivity contribution is 5.69. The van der Waals surface area contributed by atoms with Gasteiger partial charge in [0.05, 0.1) is 13.2 Å². The van der Waals surface area contributed by atoms with E-state index in [1.54, 1.807) is 0 Å². The van der Waals surface area contributed by atoms with Gasteiger partial charge in [-0.25, -0.2) is 0 Å². The lowest BCUT2D eigenvalue weighted by atomic mass is 9.99. The molecule has 0 aromatic carbocycles. The van der Waals surface area contributed by atoms with Crippen molar-refractivity contribution in [2.75, 3.05) is 19.8 Å². The van der Waals surface area contributed by atoms with Crippen LogP contribution in [0.3, 0.4) is 0 Å². The molecule has 1 saturated heterocycles. The molecule has 178 valence electrons. The predicted molar refractivity (Wildman–Crippen MR) is 109 cm³/mol. The van der Waals surface area contributed by atoms with Crippen LogP contribution >= 0.6 is 0 Å². The van der Waals surface area contributed by atoms with Crippen molar-refractivity contribution in [1.29, 1.82) is 0 Å². The van der Waals surface area contributed by atoms with Crippen molar-refractivity contribution in [2.24, 2.45) is 0 Å². The molecule has 0 saturated carbocycles. The molecule has 9 heteroatoms. The molecule has 5 N–H and O–H groups in total. The molecule has 0 aromatic heterocycles. The fraction of sp³-hybridized carbons (Fsp3) is 0.952. The summed E-state index contributed by atoms with van der Waals surface area (Å²) in [6.45, 7) is 1.07. The second-order valence-corrected chi connectivity index (χ2v) is 7.95. The fourth-order valence-corrected chi connectivity index (χ4v) is 3.30. The molecule has 1 aliphatic rings. The minimum Gasteiger partial charge on any atom is -0.463 e. The van der Waals surface area contributed by atoms with Gasteiger partial charge >= 0.3 is 5.97 Å². The Morgan fingerprint density at radius 3 is 2.10 bits per heavy atom. The summed E-state index contributed by atoms with van der Waals surface area (Å²) in [6, 6.07) is 0. The first-order valence-electron chi connectivity index (χ1n) is 11.2. The van der Waals surface area contributed by atoms with E-state index >= 15 is 0 Å². The number of ether oxygens (including phenoxy) is 3. The number of carbonyl (C=O) groups excluding carboxylic acids is 1. The first-order valence-corrected chi connectivity index (χ1v) is 11.2. The Morgan fingerprint density at radius 2 is 1.50 bits per heavy atom. The molecule has 1 fully saturated rings. The fourth-order valence-electron chi connectivity index (χ4n) is 3.30. The molecular formula is C21H40O9. The van der Waals surface area contributed by atoms with Crippen LogP contribution < -0.4 is 0 Å². The van der Waals surface area contributed by atoms with Crippen LogP contribution in [0.15, 0.2) is 0 Å². The van der Waals surface area contributed by atoms with E-state index < -0.39 is 43.4 Å². The van der Waals surface area contributed by atoms with Crippen LogP contribution in [-0.2, 0) is 19.0 Å². The Bertz CT molecular complexity index is 446. The molecular weight excluding hydrogens is 396 g/mol. The van der Waals surface area contributed by atoms with Gasteiger partial charge in [0.15, 0.2) is 6.29 Å². The summed E-state index contributed by atoms with van der Waals surface area (Å²) in [5, 5.41) is 48.3. The summed E-state index contributed by atoms with van der Waals surface area (Å²) in [4.78, 5) is 11.7. The highest BCUT2D eigenvalue weighted by atomic mass is 16.7. The van der Waals surface area contributed by atoms with Gasteiger partial charge in [0.2, 0.25) is 0 Å². The van der Waals surface area contributed by atoms with Crippen molar-refractivity contribution in [3.8, 4) is 0 Å². The Balaban J connectivity index is 2.09. The molecule has 30 heavy (non-hydrogen) atoms. The third-order valence-corrected chi connectivity index (χ3v) is 5.22. The molecule has 0 aliphatic carbocycles. The van der Waals surface area contributed by atoms with Gasteiger partial charge in [-0.2, -0.15) is 0 Å². The molecule has 9 nitrogen and oxygen atoms in total. The SMILES string of the molecule is CCCCCCCCCCCC(=O)OCC(O)CO[C@H]1O[C@H](CO)[C@@H](O)[C@H](O)[C@H]1O. The van der Waals surface area contributed by atoms with Gasteiger partial charge in [0, 0.05) is 6.42 Å². The van der Waals surface area contributed by atoms with Crippen LogP contribution in [0.4, 0.5) is 0 Å². The smallest absolute Gasteiger partial charge is 0.305 e. The van der Waals surface area contributed by atoms with Crippen molar-refractivity contribution in [3.05, 3.63) is 0 Å². The topological polar surface area (TPSA) is 146 Å². The number of esters is 1. The van der Waals surface area contributed by atoms with Gasteiger partial charge in [-0.3, -0.25) is 4.79 Å². The van der Waals surface area contributed by atoms with Crippen LogP contribution in [-0.4, -0.2) is 88.1 Å². The summed E-state index contributed by atoms with van der Waals surface area (Å²) >= 11 is 0. The summed E-state index contributed by atoms with van der Waals surface area (Å²) in [5.41, 5.74) is 0. The Hall–Kier alpha value is -0.810. The average molecular weight is 437 g/mol. The zero-order valence-electron chi connectivity index (χ0n) is 18.0. The van der Waals surface area contributed by atoms with Crippen LogP contribution in [0.25, 0.3) is 0 Å². The molecule has 1 heterocycles. The standard InChI is InChI=1S/C21H40O9/c1-2-3-4-5-6-7-8-9-10-11-17(24)28-13-15(23)14-29-21-20(27)19(26)18(25)16(12-22)30-21/h15-16,18-23,25-27H,2-14H2,1H3/t15?,16-,18-,19+,20-,21+/m1/s1. The van der Waals surface area contributed by atoms with Gasteiger partial charge in [-0.1, -0.05) is 58.3 Å². The molecule has 0 amide bonds. The number of aliphatic hydroxyl groups is 5. The van der Waals surface area contributed by atoms with Crippen molar-refractivity contribution in [3.63, 3.8) is 0 Å². The molecule has 1 aliphatic heterocycles. The Labute approximate surface area is 179 Å². The first-order chi connectivity index (χ1) is 14.4. The van der Waals surface area contributed by atoms with Crippen molar-refractivity contribution < 1.29 is 44.5 Å². The lowest BCUT2D eigenvalue weighted by Gasteiger charge is -2.39. The quantitative estimate of drug-likeness (QED) is 0.174. The van der Waals surface area contributed by atoms with E-state index in [1.807, 2.05) is 0 Å². The highest BCUT2D eigenvalue weighted by Crippen LogP contribution is 2.22. The number of hydrogen-bond donors (Lipinski definition) is 5. The minimum absolute atomic E-state index is 0.256. The van der Waals surface area contributed by atoms with Crippen molar-refractivity contribution in [1.82, 2.24) is 0 Å². The molecule has 6 atom stereocenters. The number of carbonyl (C=O) groups is 1. The van der Waals surface area contributed by atoms with Gasteiger partial charge in [-0.15, -0.1) is 0 Å². The monoisotopic (exact) mass is 436 g/mol. The normalized spacial score (nSPS) is 27.7. The second kappa shape index (κ2) is 15.9. The van der Waals surface area contributed by atoms with Crippen LogP contribution in [0.5, 0.6) is 0 Å². The van der Waals surface area contributed by atoms with E-state index in [0.717, 1.165) is 19.3 Å². The highest BCUT2D eigenvalue weighted by Gasteiger charge is 2.44. The van der Waals surface area contributed by atoms with E-state index in [4.69, 9.17) is 19.3 Å². The first kappa shape index (κ1) is 27.2. The number of rotatable bonds is 16. The van der Waals surface area contributed by atoms with Gasteiger partial charge < -0.3 is 39.7 Å². The van der Waals surface area contributed by atoms with E-state index in [0.29, 0.717) is 6.42 Å². The zero-order chi connectivity index (χ0) is 22.4. The van der Waals surface area contributed by atoms with E-state index in [9.17, 15) is 25.2 Å². The minimum atomic E-state index is -1.55. The molecule has 0 spiro atoms. The molecule has 0 bridgehead atoms. The van der Waals surface area contributed by atoms with Gasteiger partial charge in [0.1, 0.15) is 37.1 Å². The van der Waals surface area contributed by atoms with Crippen LogP contribution in [0, 0.1) is 0 Å². The number of unbranched alkanes of at least 4 members (excludes halogenated alkanes) is 8. The lowest BCUT2D eigenvalue weighted by molar-refractivity contribution is -0.305. The number of hydrogen-bond acceptors (Lipinski definition) is 9. The zero-order valence-corrected chi connectivity index (χ0v) is 18.0. The van der Waals surface area contributed by atoms with Gasteiger partial charge in [0.25, 0.3) is 0 Å². The summed E-state index contributed by atoms with van der Waals surface area (Å²) in [5.74, 6) is -0.384. The Kier molecular flexibility index (Phi) is 14.4.